The van der Waals surface area contributed by atoms with E-state index in [1.54, 1.807) is 16.6 Å². The Hall–Kier alpha value is -1.56. The molecule has 1 aliphatic rings. The molecule has 0 aliphatic carbocycles. The lowest BCUT2D eigenvalue weighted by molar-refractivity contribution is -0.132. The average molecular weight is 285 g/mol. The van der Waals surface area contributed by atoms with Crippen LogP contribution in [0.2, 0.25) is 5.15 Å². The summed E-state index contributed by atoms with van der Waals surface area (Å²) in [6.45, 7) is 4.15. The van der Waals surface area contributed by atoms with Gasteiger partial charge in [-0.05, 0) is 13.8 Å². The summed E-state index contributed by atoms with van der Waals surface area (Å²) < 4.78 is 1.59. The molecule has 1 N–H and O–H groups in total. The molecule has 1 aliphatic heterocycles. The van der Waals surface area contributed by atoms with E-state index in [4.69, 9.17) is 11.6 Å². The Labute approximate surface area is 116 Å². The van der Waals surface area contributed by atoms with E-state index in [0.717, 1.165) is 11.3 Å². The van der Waals surface area contributed by atoms with Crippen LogP contribution in [0.1, 0.15) is 24.6 Å². The van der Waals surface area contributed by atoms with Gasteiger partial charge in [0.05, 0.1) is 18.8 Å². The van der Waals surface area contributed by atoms with Gasteiger partial charge in [0.2, 0.25) is 11.8 Å². The number of halogens is 1. The molecular weight excluding hydrogens is 268 g/mol. The maximum atomic E-state index is 12.0. The van der Waals surface area contributed by atoms with E-state index in [2.05, 4.69) is 10.4 Å². The van der Waals surface area contributed by atoms with E-state index in [0.29, 0.717) is 18.1 Å². The SMILES string of the molecule is Cc1nn(C)c(Cl)c1CN1C(=O)CNC(=O)CC1C. The third-order valence-electron chi connectivity index (χ3n) is 3.37. The number of rotatable bonds is 2. The number of hydrogen-bond donors (Lipinski definition) is 1. The highest BCUT2D eigenvalue weighted by molar-refractivity contribution is 6.30. The molecule has 0 spiro atoms. The molecule has 1 fully saturated rings. The van der Waals surface area contributed by atoms with Crippen molar-refractivity contribution in [2.45, 2.75) is 32.9 Å². The van der Waals surface area contributed by atoms with E-state index >= 15 is 0 Å². The van der Waals surface area contributed by atoms with Crippen molar-refractivity contribution in [2.24, 2.45) is 7.05 Å². The van der Waals surface area contributed by atoms with Crippen molar-refractivity contribution < 1.29 is 9.59 Å². The molecule has 7 heteroatoms. The Balaban J connectivity index is 2.25. The molecule has 0 saturated carbocycles. The second-order valence-electron chi connectivity index (χ2n) is 4.83. The number of aryl methyl sites for hydroxylation is 2. The van der Waals surface area contributed by atoms with Crippen LogP contribution >= 0.6 is 11.6 Å². The second kappa shape index (κ2) is 5.21. The number of nitrogens with one attached hydrogen (secondary N) is 1. The fourth-order valence-electron chi connectivity index (χ4n) is 2.24. The smallest absolute Gasteiger partial charge is 0.242 e. The Morgan fingerprint density at radius 3 is 2.74 bits per heavy atom. The number of aromatic nitrogens is 2. The number of hydrogen-bond acceptors (Lipinski definition) is 3. The van der Waals surface area contributed by atoms with Gasteiger partial charge in [-0.3, -0.25) is 14.3 Å². The van der Waals surface area contributed by atoms with E-state index in [1.807, 2.05) is 13.8 Å². The fraction of sp³-hybridized carbons (Fsp3) is 0.583. The summed E-state index contributed by atoms with van der Waals surface area (Å²) in [7, 11) is 1.76. The first kappa shape index (κ1) is 13.9. The number of carbonyl (C=O) groups is 2. The van der Waals surface area contributed by atoms with Gasteiger partial charge in [0.15, 0.2) is 0 Å². The minimum Gasteiger partial charge on any atom is -0.347 e. The zero-order valence-electron chi connectivity index (χ0n) is 11.2. The summed E-state index contributed by atoms with van der Waals surface area (Å²) in [5.41, 5.74) is 1.63. The molecule has 0 bridgehead atoms. The second-order valence-corrected chi connectivity index (χ2v) is 5.19. The lowest BCUT2D eigenvalue weighted by Crippen LogP contribution is -2.39. The lowest BCUT2D eigenvalue weighted by atomic mass is 10.1. The van der Waals surface area contributed by atoms with Crippen molar-refractivity contribution >= 4 is 23.4 Å². The summed E-state index contributed by atoms with van der Waals surface area (Å²) in [5, 5.41) is 7.35. The highest BCUT2D eigenvalue weighted by Crippen LogP contribution is 2.22. The molecule has 1 aromatic heterocycles. The molecule has 2 heterocycles. The molecule has 2 rings (SSSR count). The fourth-order valence-corrected chi connectivity index (χ4v) is 2.47. The van der Waals surface area contributed by atoms with E-state index < -0.39 is 0 Å². The molecule has 1 atom stereocenters. The van der Waals surface area contributed by atoms with Crippen LogP contribution in [0.15, 0.2) is 0 Å². The predicted molar refractivity (Wildman–Crippen MR) is 70.6 cm³/mol. The van der Waals surface area contributed by atoms with Gasteiger partial charge in [0.1, 0.15) is 5.15 Å². The van der Waals surface area contributed by atoms with Crippen molar-refractivity contribution in [3.05, 3.63) is 16.4 Å². The first-order valence-corrected chi connectivity index (χ1v) is 6.52. The van der Waals surface area contributed by atoms with Gasteiger partial charge in [0, 0.05) is 25.1 Å². The van der Waals surface area contributed by atoms with Gasteiger partial charge >= 0.3 is 0 Å². The summed E-state index contributed by atoms with van der Waals surface area (Å²) >= 11 is 6.18. The van der Waals surface area contributed by atoms with E-state index in [1.165, 1.54) is 0 Å². The van der Waals surface area contributed by atoms with Crippen molar-refractivity contribution in [3.63, 3.8) is 0 Å². The third-order valence-corrected chi connectivity index (χ3v) is 3.84. The van der Waals surface area contributed by atoms with E-state index in [9.17, 15) is 9.59 Å². The monoisotopic (exact) mass is 284 g/mol. The van der Waals surface area contributed by atoms with Crippen LogP contribution in [-0.4, -0.2) is 39.1 Å². The van der Waals surface area contributed by atoms with Crippen molar-refractivity contribution in [2.75, 3.05) is 6.54 Å². The quantitative estimate of drug-likeness (QED) is 0.866. The highest BCUT2D eigenvalue weighted by Gasteiger charge is 2.28. The van der Waals surface area contributed by atoms with Gasteiger partial charge in [-0.25, -0.2) is 0 Å². The van der Waals surface area contributed by atoms with Gasteiger partial charge in [-0.15, -0.1) is 0 Å². The maximum Gasteiger partial charge on any atom is 0.242 e. The minimum absolute atomic E-state index is 0.0418. The van der Waals surface area contributed by atoms with Gasteiger partial charge in [-0.2, -0.15) is 5.10 Å². The first-order chi connectivity index (χ1) is 8.90. The zero-order valence-corrected chi connectivity index (χ0v) is 12.0. The van der Waals surface area contributed by atoms with Crippen molar-refractivity contribution in [3.8, 4) is 0 Å². The summed E-state index contributed by atoms with van der Waals surface area (Å²) in [6, 6.07) is -0.148. The third kappa shape index (κ3) is 2.73. The molecule has 0 radical (unpaired) electrons. The lowest BCUT2D eigenvalue weighted by Gasteiger charge is -2.26. The minimum atomic E-state index is -0.148. The van der Waals surface area contributed by atoms with Crippen LogP contribution in [0, 0.1) is 6.92 Å². The number of amides is 2. The Morgan fingerprint density at radius 1 is 1.47 bits per heavy atom. The molecule has 19 heavy (non-hydrogen) atoms. The Kier molecular flexibility index (Phi) is 3.80. The normalized spacial score (nSPS) is 20.4. The predicted octanol–water partition coefficient (Wildman–Crippen LogP) is 0.619. The summed E-state index contributed by atoms with van der Waals surface area (Å²) in [6.07, 6.45) is 0.308. The van der Waals surface area contributed by atoms with Gasteiger partial charge in [0.25, 0.3) is 0 Å². The van der Waals surface area contributed by atoms with Gasteiger partial charge in [-0.1, -0.05) is 11.6 Å². The van der Waals surface area contributed by atoms with Crippen molar-refractivity contribution in [1.82, 2.24) is 20.0 Å². The molecule has 1 unspecified atom stereocenters. The summed E-state index contributed by atoms with van der Waals surface area (Å²) in [4.78, 5) is 25.2. The topological polar surface area (TPSA) is 67.2 Å². The average Bonchev–Trinajstić information content (AvgIpc) is 2.49. The number of carbonyl (C=O) groups excluding carboxylic acids is 2. The van der Waals surface area contributed by atoms with Crippen LogP contribution in [0.5, 0.6) is 0 Å². The molecule has 1 aromatic rings. The van der Waals surface area contributed by atoms with Crippen molar-refractivity contribution in [1.29, 1.82) is 0 Å². The zero-order chi connectivity index (χ0) is 14.2. The van der Waals surface area contributed by atoms with Gasteiger partial charge < -0.3 is 10.2 Å². The summed E-state index contributed by atoms with van der Waals surface area (Å²) in [5.74, 6) is -0.199. The standard InChI is InChI=1S/C12H17ClN4O2/c1-7-4-10(18)14-5-11(19)17(7)6-9-8(2)15-16(3)12(9)13/h7H,4-6H2,1-3H3,(H,14,18). The van der Waals surface area contributed by atoms with Crippen LogP contribution in [0.4, 0.5) is 0 Å². The Bertz CT molecular complexity index is 526. The van der Waals surface area contributed by atoms with Crippen LogP contribution in [0.3, 0.4) is 0 Å². The molecule has 6 nitrogen and oxygen atoms in total. The largest absolute Gasteiger partial charge is 0.347 e. The van der Waals surface area contributed by atoms with Crippen LogP contribution < -0.4 is 5.32 Å². The van der Waals surface area contributed by atoms with Crippen LogP contribution in [-0.2, 0) is 23.2 Å². The molecular formula is C12H17ClN4O2. The first-order valence-electron chi connectivity index (χ1n) is 6.14. The highest BCUT2D eigenvalue weighted by atomic mass is 35.5. The molecule has 1 saturated heterocycles. The molecule has 104 valence electrons. The maximum absolute atomic E-state index is 12.0. The Morgan fingerprint density at radius 2 is 2.16 bits per heavy atom. The van der Waals surface area contributed by atoms with E-state index in [-0.39, 0.29) is 24.4 Å². The molecule has 2 amide bonds. The molecule has 0 aromatic carbocycles. The van der Waals surface area contributed by atoms with Crippen LogP contribution in [0.25, 0.3) is 0 Å². The number of nitrogens with zero attached hydrogens (tertiary/aromatic N) is 3.